The van der Waals surface area contributed by atoms with Crippen molar-refractivity contribution in [2.75, 3.05) is 18.9 Å². The lowest BCUT2D eigenvalue weighted by molar-refractivity contribution is -0.0881. The van der Waals surface area contributed by atoms with Gasteiger partial charge >= 0.3 is 0 Å². The third-order valence-corrected chi connectivity index (χ3v) is 3.97. The Kier molecular flexibility index (Phi) is 4.77. The molecule has 0 aromatic carbocycles. The topological polar surface area (TPSA) is 60.2 Å². The van der Waals surface area contributed by atoms with Crippen molar-refractivity contribution in [2.24, 2.45) is 0 Å². The van der Waals surface area contributed by atoms with E-state index in [1.54, 1.807) is 6.20 Å². The number of ether oxygens (including phenoxy) is 1. The quantitative estimate of drug-likeness (QED) is 0.854. The van der Waals surface area contributed by atoms with Gasteiger partial charge in [0.05, 0.1) is 5.60 Å². The van der Waals surface area contributed by atoms with Gasteiger partial charge in [-0.25, -0.2) is 4.98 Å². The number of nitrogens with zero attached hydrogens (tertiary/aromatic N) is 1. The fourth-order valence-electron chi connectivity index (χ4n) is 2.84. The summed E-state index contributed by atoms with van der Waals surface area (Å²) in [6, 6.07) is 4.31. The van der Waals surface area contributed by atoms with Crippen LogP contribution in [0.25, 0.3) is 0 Å². The Morgan fingerprint density at radius 2 is 2.37 bits per heavy atom. The number of hydrogen-bond donors (Lipinski definition) is 2. The minimum Gasteiger partial charge on any atom is -0.384 e. The van der Waals surface area contributed by atoms with Gasteiger partial charge in [0.25, 0.3) is 0 Å². The Bertz CT molecular complexity index is 402. The number of hydrogen-bond acceptors (Lipinski definition) is 4. The Hall–Kier alpha value is -1.13. The van der Waals surface area contributed by atoms with E-state index < -0.39 is 0 Å². The molecule has 0 bridgehead atoms. The average Bonchev–Trinajstić information content (AvgIpc) is 2.39. The van der Waals surface area contributed by atoms with E-state index in [2.05, 4.69) is 24.1 Å². The Morgan fingerprint density at radius 1 is 1.53 bits per heavy atom. The Morgan fingerprint density at radius 3 is 3.00 bits per heavy atom. The van der Waals surface area contributed by atoms with E-state index in [-0.39, 0.29) is 5.60 Å². The number of aromatic nitrogens is 1. The van der Waals surface area contributed by atoms with Crippen molar-refractivity contribution in [3.63, 3.8) is 0 Å². The molecule has 1 aromatic heterocycles. The van der Waals surface area contributed by atoms with Crippen LogP contribution in [0.2, 0.25) is 0 Å². The molecule has 2 atom stereocenters. The number of nitrogen functional groups attached to an aromatic ring is 1. The molecule has 0 amide bonds. The maximum absolute atomic E-state index is 6.07. The molecule has 4 nitrogen and oxygen atoms in total. The second-order valence-corrected chi connectivity index (χ2v) is 5.52. The zero-order valence-electron chi connectivity index (χ0n) is 12.0. The van der Waals surface area contributed by atoms with Crippen LogP contribution in [-0.4, -0.2) is 29.8 Å². The average molecular weight is 263 g/mol. The zero-order valence-corrected chi connectivity index (χ0v) is 12.0. The molecule has 0 saturated carbocycles. The molecule has 1 fully saturated rings. The lowest BCUT2D eigenvalue weighted by atomic mass is 9.84. The van der Waals surface area contributed by atoms with Crippen LogP contribution in [0.4, 0.5) is 5.82 Å². The first-order valence-electron chi connectivity index (χ1n) is 7.22. The summed E-state index contributed by atoms with van der Waals surface area (Å²) in [6.45, 7) is 6.19. The summed E-state index contributed by atoms with van der Waals surface area (Å²) in [5, 5.41) is 3.57. The van der Waals surface area contributed by atoms with E-state index in [0.29, 0.717) is 11.9 Å². The first-order valence-corrected chi connectivity index (χ1v) is 7.22. The molecule has 2 heterocycles. The standard InChI is InChI=1S/C15H25N3O/c1-3-17-13(15(2)7-4-5-9-19-15)10-12-6-8-18-14(16)11-12/h6,8,11,13,17H,3-5,7,9-10H2,1-2H3,(H2,16,18). The Labute approximate surface area is 115 Å². The molecule has 2 unspecified atom stereocenters. The molecule has 2 rings (SSSR count). The summed E-state index contributed by atoms with van der Waals surface area (Å²) in [4.78, 5) is 4.05. The highest BCUT2D eigenvalue weighted by Gasteiger charge is 2.36. The minimum absolute atomic E-state index is 0.0771. The molecule has 0 aliphatic carbocycles. The van der Waals surface area contributed by atoms with Gasteiger partial charge in [-0.05, 0) is 56.8 Å². The number of pyridine rings is 1. The molecule has 106 valence electrons. The van der Waals surface area contributed by atoms with Gasteiger partial charge in [0, 0.05) is 18.8 Å². The highest BCUT2D eigenvalue weighted by molar-refractivity contribution is 5.32. The van der Waals surface area contributed by atoms with Crippen molar-refractivity contribution >= 4 is 5.82 Å². The van der Waals surface area contributed by atoms with E-state index >= 15 is 0 Å². The molecule has 1 aliphatic rings. The molecular formula is C15H25N3O. The van der Waals surface area contributed by atoms with Crippen LogP contribution in [-0.2, 0) is 11.2 Å². The van der Waals surface area contributed by atoms with Gasteiger partial charge in [0.2, 0.25) is 0 Å². The summed E-state index contributed by atoms with van der Waals surface area (Å²) in [6.07, 6.45) is 6.24. The highest BCUT2D eigenvalue weighted by Crippen LogP contribution is 2.29. The van der Waals surface area contributed by atoms with E-state index in [1.807, 2.05) is 12.1 Å². The molecule has 0 spiro atoms. The van der Waals surface area contributed by atoms with Crippen LogP contribution >= 0.6 is 0 Å². The molecule has 1 saturated heterocycles. The van der Waals surface area contributed by atoms with Crippen molar-refractivity contribution < 1.29 is 4.74 Å². The molecule has 0 radical (unpaired) electrons. The summed E-state index contributed by atoms with van der Waals surface area (Å²) in [5.41, 5.74) is 6.90. The predicted molar refractivity (Wildman–Crippen MR) is 78.0 cm³/mol. The summed E-state index contributed by atoms with van der Waals surface area (Å²) >= 11 is 0. The first-order chi connectivity index (χ1) is 9.14. The second kappa shape index (κ2) is 6.35. The number of rotatable bonds is 5. The van der Waals surface area contributed by atoms with Gasteiger partial charge in [-0.2, -0.15) is 0 Å². The minimum atomic E-state index is -0.0771. The van der Waals surface area contributed by atoms with Crippen LogP contribution in [0, 0.1) is 0 Å². The predicted octanol–water partition coefficient (Wildman–Crippen LogP) is 2.14. The Balaban J connectivity index is 2.11. The third-order valence-electron chi connectivity index (χ3n) is 3.97. The molecule has 19 heavy (non-hydrogen) atoms. The van der Waals surface area contributed by atoms with Crippen molar-refractivity contribution in [3.8, 4) is 0 Å². The summed E-state index contributed by atoms with van der Waals surface area (Å²) in [5.74, 6) is 0.586. The fourth-order valence-corrected chi connectivity index (χ4v) is 2.84. The van der Waals surface area contributed by atoms with Crippen LogP contribution in [0.3, 0.4) is 0 Å². The maximum atomic E-state index is 6.07. The van der Waals surface area contributed by atoms with E-state index in [1.165, 1.54) is 18.4 Å². The SMILES string of the molecule is CCNC(Cc1ccnc(N)c1)C1(C)CCCCO1. The molecule has 1 aromatic rings. The van der Waals surface area contributed by atoms with E-state index in [4.69, 9.17) is 10.5 Å². The van der Waals surface area contributed by atoms with Gasteiger partial charge in [-0.3, -0.25) is 0 Å². The van der Waals surface area contributed by atoms with Gasteiger partial charge in [0.1, 0.15) is 5.82 Å². The lowest BCUT2D eigenvalue weighted by Gasteiger charge is -2.41. The largest absolute Gasteiger partial charge is 0.384 e. The molecule has 4 heteroatoms. The third kappa shape index (κ3) is 3.67. The van der Waals surface area contributed by atoms with Gasteiger partial charge in [-0.15, -0.1) is 0 Å². The maximum Gasteiger partial charge on any atom is 0.123 e. The van der Waals surface area contributed by atoms with Gasteiger partial charge < -0.3 is 15.8 Å². The molecule has 3 N–H and O–H groups in total. The van der Waals surface area contributed by atoms with E-state index in [0.717, 1.165) is 26.0 Å². The number of nitrogens with two attached hydrogens (primary N) is 1. The zero-order chi connectivity index (χ0) is 13.7. The fraction of sp³-hybridized carbons (Fsp3) is 0.667. The van der Waals surface area contributed by atoms with Crippen molar-refractivity contribution in [1.82, 2.24) is 10.3 Å². The van der Waals surface area contributed by atoms with Gasteiger partial charge in [-0.1, -0.05) is 6.92 Å². The van der Waals surface area contributed by atoms with Crippen LogP contribution in [0.1, 0.15) is 38.7 Å². The number of nitrogens with one attached hydrogen (secondary N) is 1. The summed E-state index contributed by atoms with van der Waals surface area (Å²) < 4.78 is 6.07. The van der Waals surface area contributed by atoms with Crippen LogP contribution in [0.5, 0.6) is 0 Å². The van der Waals surface area contributed by atoms with Crippen molar-refractivity contribution in [3.05, 3.63) is 23.9 Å². The van der Waals surface area contributed by atoms with Crippen LogP contribution in [0.15, 0.2) is 18.3 Å². The van der Waals surface area contributed by atoms with Crippen molar-refractivity contribution in [1.29, 1.82) is 0 Å². The van der Waals surface area contributed by atoms with Gasteiger partial charge in [0.15, 0.2) is 0 Å². The normalized spacial score (nSPS) is 25.2. The first kappa shape index (κ1) is 14.3. The molecule has 1 aliphatic heterocycles. The number of anilines is 1. The van der Waals surface area contributed by atoms with E-state index in [9.17, 15) is 0 Å². The summed E-state index contributed by atoms with van der Waals surface area (Å²) in [7, 11) is 0. The number of likely N-dealkylation sites (N-methyl/N-ethyl adjacent to an activating group) is 1. The monoisotopic (exact) mass is 263 g/mol. The van der Waals surface area contributed by atoms with Crippen LogP contribution < -0.4 is 11.1 Å². The molecular weight excluding hydrogens is 238 g/mol. The smallest absolute Gasteiger partial charge is 0.123 e. The lowest BCUT2D eigenvalue weighted by Crippen LogP contribution is -2.53. The second-order valence-electron chi connectivity index (χ2n) is 5.52. The van der Waals surface area contributed by atoms with Crippen molar-refractivity contribution in [2.45, 2.75) is 51.2 Å². The highest BCUT2D eigenvalue weighted by atomic mass is 16.5.